The molecule has 0 amide bonds. The normalized spacial score (nSPS) is 9.89. The lowest BCUT2D eigenvalue weighted by molar-refractivity contribution is 0.620. The van der Waals surface area contributed by atoms with E-state index in [1.807, 2.05) is 65.6 Å². The molecule has 5 heteroatoms. The summed E-state index contributed by atoms with van der Waals surface area (Å²) in [6.07, 6.45) is 0. The fraction of sp³-hybridized carbons (Fsp3) is 0.143. The van der Waals surface area contributed by atoms with Gasteiger partial charge in [-0.2, -0.15) is 12.8 Å². The Balaban J connectivity index is 2.26. The van der Waals surface area contributed by atoms with E-state index in [2.05, 4.69) is 4.36 Å². The first-order valence-electron chi connectivity index (χ1n) is 5.92. The Hall–Kier alpha value is -2.14. The van der Waals surface area contributed by atoms with Gasteiger partial charge in [0, 0.05) is 17.9 Å². The number of rotatable bonds is 5. The van der Waals surface area contributed by atoms with E-state index >= 15 is 0 Å². The van der Waals surface area contributed by atoms with Gasteiger partial charge in [0.15, 0.2) is 0 Å². The minimum atomic E-state index is -2.35. The number of nitrogens with zero attached hydrogens (tertiary/aromatic N) is 2. The van der Waals surface area contributed by atoms with Crippen molar-refractivity contribution in [3.05, 3.63) is 60.7 Å². The fourth-order valence-electron chi connectivity index (χ4n) is 1.84. The van der Waals surface area contributed by atoms with Crippen LogP contribution in [-0.4, -0.2) is 21.5 Å². The lowest BCUT2D eigenvalue weighted by Gasteiger charge is -2.23. The first-order valence-corrected chi connectivity index (χ1v) is 6.95. The lowest BCUT2D eigenvalue weighted by atomic mass is 10.2. The summed E-state index contributed by atoms with van der Waals surface area (Å²) in [7, 11) is -2.35. The molecule has 98 valence electrons. The molecule has 0 fully saturated rings. The van der Waals surface area contributed by atoms with Crippen molar-refractivity contribution >= 4 is 21.9 Å². The number of hydrogen-bond acceptors (Lipinski definition) is 4. The van der Waals surface area contributed by atoms with Crippen molar-refractivity contribution in [2.45, 2.75) is 0 Å². The highest BCUT2D eigenvalue weighted by Gasteiger charge is 2.07. The van der Waals surface area contributed by atoms with E-state index < -0.39 is 10.5 Å². The van der Waals surface area contributed by atoms with E-state index in [1.165, 1.54) is 0 Å². The maximum absolute atomic E-state index is 10.5. The molecule has 0 saturated heterocycles. The van der Waals surface area contributed by atoms with Crippen LogP contribution >= 0.6 is 0 Å². The SMILES string of the molecule is O=S(=O)=NCCN(c1ccccc1)c1ccccc1. The molecule has 0 N–H and O–H groups in total. The van der Waals surface area contributed by atoms with Gasteiger partial charge in [0.2, 0.25) is 0 Å². The molecule has 0 unspecified atom stereocenters. The third-order valence-electron chi connectivity index (χ3n) is 2.66. The van der Waals surface area contributed by atoms with Crippen LogP contribution in [-0.2, 0) is 10.5 Å². The van der Waals surface area contributed by atoms with E-state index in [9.17, 15) is 8.42 Å². The predicted octanol–water partition coefficient (Wildman–Crippen LogP) is 2.89. The highest BCUT2D eigenvalue weighted by Crippen LogP contribution is 2.24. The molecule has 0 radical (unpaired) electrons. The molecular formula is C14H14N2O2S. The lowest BCUT2D eigenvalue weighted by Crippen LogP contribution is -2.20. The Morgan fingerprint density at radius 1 is 0.842 bits per heavy atom. The number of benzene rings is 2. The molecule has 0 aliphatic heterocycles. The van der Waals surface area contributed by atoms with Crippen LogP contribution < -0.4 is 4.90 Å². The maximum atomic E-state index is 10.5. The second-order valence-electron chi connectivity index (χ2n) is 3.89. The number of hydrogen-bond donors (Lipinski definition) is 0. The van der Waals surface area contributed by atoms with E-state index in [1.54, 1.807) is 0 Å². The van der Waals surface area contributed by atoms with Crippen LogP contribution in [0.1, 0.15) is 0 Å². The fourth-order valence-corrected chi connectivity index (χ4v) is 2.07. The van der Waals surface area contributed by atoms with E-state index in [0.29, 0.717) is 6.54 Å². The van der Waals surface area contributed by atoms with Gasteiger partial charge in [-0.1, -0.05) is 36.4 Å². The molecule has 0 bridgehead atoms. The Morgan fingerprint density at radius 3 is 1.74 bits per heavy atom. The smallest absolute Gasteiger partial charge is 0.311 e. The summed E-state index contributed by atoms with van der Waals surface area (Å²) in [5.41, 5.74) is 2.03. The van der Waals surface area contributed by atoms with E-state index in [-0.39, 0.29) is 6.54 Å². The summed E-state index contributed by atoms with van der Waals surface area (Å²) in [6, 6.07) is 19.7. The quantitative estimate of drug-likeness (QED) is 0.842. The predicted molar refractivity (Wildman–Crippen MR) is 76.1 cm³/mol. The van der Waals surface area contributed by atoms with Crippen LogP contribution in [0.15, 0.2) is 65.0 Å². The maximum Gasteiger partial charge on any atom is 0.311 e. The van der Waals surface area contributed by atoms with Gasteiger partial charge in [-0.3, -0.25) is 0 Å². The second-order valence-corrected chi connectivity index (χ2v) is 4.58. The number of anilines is 2. The van der Waals surface area contributed by atoms with E-state index in [4.69, 9.17) is 0 Å². The molecular weight excluding hydrogens is 260 g/mol. The topological polar surface area (TPSA) is 49.7 Å². The second kappa shape index (κ2) is 6.70. The van der Waals surface area contributed by atoms with Gasteiger partial charge in [0.1, 0.15) is 0 Å². The van der Waals surface area contributed by atoms with Crippen LogP contribution in [0.3, 0.4) is 0 Å². The monoisotopic (exact) mass is 274 g/mol. The summed E-state index contributed by atoms with van der Waals surface area (Å²) in [5, 5.41) is 0. The molecule has 2 rings (SSSR count). The zero-order chi connectivity index (χ0) is 13.5. The molecule has 0 heterocycles. The standard InChI is InChI=1S/C14H14N2O2S/c17-19(18)15-11-12-16(13-7-3-1-4-8-13)14-9-5-2-6-10-14/h1-10H,11-12H2. The molecule has 0 aromatic heterocycles. The minimum Gasteiger partial charge on any atom is -0.340 e. The van der Waals surface area contributed by atoms with Crippen molar-refractivity contribution in [3.63, 3.8) is 0 Å². The largest absolute Gasteiger partial charge is 0.340 e. The first-order chi connectivity index (χ1) is 9.27. The van der Waals surface area contributed by atoms with Crippen LogP contribution in [0.2, 0.25) is 0 Å². The minimum absolute atomic E-state index is 0.236. The third kappa shape index (κ3) is 3.93. The molecule has 4 nitrogen and oxygen atoms in total. The summed E-state index contributed by atoms with van der Waals surface area (Å²) in [5.74, 6) is 0. The molecule has 19 heavy (non-hydrogen) atoms. The van der Waals surface area contributed by atoms with E-state index in [0.717, 1.165) is 11.4 Å². The zero-order valence-electron chi connectivity index (χ0n) is 10.3. The van der Waals surface area contributed by atoms with Gasteiger partial charge in [-0.15, -0.1) is 0 Å². The van der Waals surface area contributed by atoms with Gasteiger partial charge in [0.05, 0.1) is 6.54 Å². The summed E-state index contributed by atoms with van der Waals surface area (Å²) < 4.78 is 24.4. The van der Waals surface area contributed by atoms with Gasteiger partial charge in [-0.05, 0) is 24.3 Å². The van der Waals surface area contributed by atoms with Crippen LogP contribution in [0.5, 0.6) is 0 Å². The van der Waals surface area contributed by atoms with Crippen LogP contribution in [0.4, 0.5) is 11.4 Å². The summed E-state index contributed by atoms with van der Waals surface area (Å²) >= 11 is 0. The Labute approximate surface area is 114 Å². The molecule has 0 atom stereocenters. The highest BCUT2D eigenvalue weighted by atomic mass is 32.2. The van der Waals surface area contributed by atoms with Crippen LogP contribution in [0.25, 0.3) is 0 Å². The Kier molecular flexibility index (Phi) is 4.69. The van der Waals surface area contributed by atoms with Gasteiger partial charge in [-0.25, -0.2) is 0 Å². The molecule has 2 aromatic rings. The first kappa shape index (κ1) is 13.3. The van der Waals surface area contributed by atoms with Crippen molar-refractivity contribution < 1.29 is 8.42 Å². The summed E-state index contributed by atoms with van der Waals surface area (Å²) in [6.45, 7) is 0.752. The van der Waals surface area contributed by atoms with Crippen molar-refractivity contribution in [3.8, 4) is 0 Å². The van der Waals surface area contributed by atoms with Gasteiger partial charge >= 0.3 is 10.5 Å². The van der Waals surface area contributed by atoms with Crippen molar-refractivity contribution in [1.29, 1.82) is 0 Å². The van der Waals surface area contributed by atoms with Gasteiger partial charge in [0.25, 0.3) is 0 Å². The highest BCUT2D eigenvalue weighted by molar-refractivity contribution is 7.61. The third-order valence-corrected chi connectivity index (χ3v) is 3.05. The van der Waals surface area contributed by atoms with Crippen molar-refractivity contribution in [1.82, 2.24) is 0 Å². The number of para-hydroxylation sites is 2. The molecule has 0 saturated carbocycles. The molecule has 0 spiro atoms. The average Bonchev–Trinajstić information content (AvgIpc) is 2.45. The Bertz CT molecular complexity index is 592. The van der Waals surface area contributed by atoms with Crippen molar-refractivity contribution in [2.75, 3.05) is 18.0 Å². The molecule has 0 aliphatic rings. The average molecular weight is 274 g/mol. The molecule has 2 aromatic carbocycles. The van der Waals surface area contributed by atoms with Crippen LogP contribution in [0, 0.1) is 0 Å². The zero-order valence-corrected chi connectivity index (χ0v) is 11.1. The van der Waals surface area contributed by atoms with Gasteiger partial charge < -0.3 is 4.90 Å². The molecule has 0 aliphatic carbocycles. The summed E-state index contributed by atoms with van der Waals surface area (Å²) in [4.78, 5) is 2.04. The van der Waals surface area contributed by atoms with Crippen molar-refractivity contribution in [2.24, 2.45) is 4.36 Å². The Morgan fingerprint density at radius 2 is 1.32 bits per heavy atom.